The average molecular weight is 333 g/mol. The molecule has 2 saturated heterocycles. The summed E-state index contributed by atoms with van der Waals surface area (Å²) in [6.45, 7) is 4.02. The number of anilines is 1. The summed E-state index contributed by atoms with van der Waals surface area (Å²) >= 11 is 0. The number of hydrogen-bond acceptors (Lipinski definition) is 7. The fourth-order valence-electron chi connectivity index (χ4n) is 4.17. The normalized spacial score (nSPS) is 33.3. The van der Waals surface area contributed by atoms with Gasteiger partial charge in [0.15, 0.2) is 0 Å². The minimum Gasteiger partial charge on any atom is -0.369 e. The molecule has 2 unspecified atom stereocenters. The first-order valence-electron chi connectivity index (χ1n) is 8.30. The van der Waals surface area contributed by atoms with Crippen LogP contribution in [0.5, 0.6) is 0 Å². The number of nitrogens with two attached hydrogens (primary N) is 2. The van der Waals surface area contributed by atoms with Gasteiger partial charge in [-0.2, -0.15) is 5.43 Å². The van der Waals surface area contributed by atoms with Gasteiger partial charge in [-0.25, -0.2) is 9.38 Å². The third-order valence-electron chi connectivity index (χ3n) is 5.47. The molecule has 1 aromatic carbocycles. The molecule has 24 heavy (non-hydrogen) atoms. The molecular weight excluding hydrogens is 309 g/mol. The molecule has 130 valence electrons. The zero-order valence-corrected chi connectivity index (χ0v) is 13.8. The standard InChI is InChI=1S/C16H24FN7/c1-23-6-4-15(9-23)5-7-24(10-15)13-3-2-11(8-12(13)17)16(19)20-14(18)21-22-16/h2-3,8,22H,4-7,9-10,19H2,1H3,(H3,18,20,21). The number of guanidine groups is 1. The summed E-state index contributed by atoms with van der Waals surface area (Å²) in [6, 6.07) is 5.04. The number of aliphatic imine (C=N–C) groups is 1. The monoisotopic (exact) mass is 333 g/mol. The topological polar surface area (TPSA) is 94.9 Å². The smallest absolute Gasteiger partial charge is 0.209 e. The maximum atomic E-state index is 14.7. The van der Waals surface area contributed by atoms with E-state index in [4.69, 9.17) is 11.5 Å². The van der Waals surface area contributed by atoms with Crippen LogP contribution in [0.15, 0.2) is 23.2 Å². The summed E-state index contributed by atoms with van der Waals surface area (Å²) < 4.78 is 14.7. The van der Waals surface area contributed by atoms with E-state index in [-0.39, 0.29) is 11.8 Å². The second-order valence-corrected chi connectivity index (χ2v) is 7.34. The van der Waals surface area contributed by atoms with Gasteiger partial charge in [-0.15, -0.1) is 0 Å². The molecule has 2 fully saturated rings. The van der Waals surface area contributed by atoms with Crippen LogP contribution in [-0.2, 0) is 5.79 Å². The van der Waals surface area contributed by atoms with Gasteiger partial charge >= 0.3 is 0 Å². The fourth-order valence-corrected chi connectivity index (χ4v) is 4.17. The van der Waals surface area contributed by atoms with Crippen molar-refractivity contribution in [3.63, 3.8) is 0 Å². The van der Waals surface area contributed by atoms with Gasteiger partial charge < -0.3 is 15.5 Å². The van der Waals surface area contributed by atoms with Crippen molar-refractivity contribution in [2.24, 2.45) is 21.9 Å². The van der Waals surface area contributed by atoms with Crippen LogP contribution in [0.2, 0.25) is 0 Å². The summed E-state index contributed by atoms with van der Waals surface area (Å²) in [7, 11) is 2.16. The molecule has 1 aromatic rings. The Morgan fingerprint density at radius 2 is 2.04 bits per heavy atom. The Bertz CT molecular complexity index is 693. The Morgan fingerprint density at radius 1 is 1.25 bits per heavy atom. The maximum Gasteiger partial charge on any atom is 0.209 e. The molecule has 1 spiro atoms. The Balaban J connectivity index is 1.55. The van der Waals surface area contributed by atoms with E-state index in [1.807, 2.05) is 0 Å². The highest BCUT2D eigenvalue weighted by molar-refractivity contribution is 5.79. The van der Waals surface area contributed by atoms with Crippen molar-refractivity contribution < 1.29 is 4.39 Å². The summed E-state index contributed by atoms with van der Waals surface area (Å²) in [5.74, 6) is -1.32. The lowest BCUT2D eigenvalue weighted by Gasteiger charge is -2.26. The Morgan fingerprint density at radius 3 is 2.67 bits per heavy atom. The lowest BCUT2D eigenvalue weighted by molar-refractivity contribution is 0.312. The molecule has 3 heterocycles. The van der Waals surface area contributed by atoms with Gasteiger partial charge in [-0.05, 0) is 38.6 Å². The number of hydrazine groups is 1. The molecule has 0 bridgehead atoms. The minimum absolute atomic E-state index is 0.189. The zero-order valence-electron chi connectivity index (χ0n) is 13.8. The first-order valence-corrected chi connectivity index (χ1v) is 8.30. The van der Waals surface area contributed by atoms with Crippen LogP contribution < -0.4 is 27.2 Å². The average Bonchev–Trinajstić information content (AvgIpc) is 3.21. The molecule has 7 nitrogen and oxygen atoms in total. The van der Waals surface area contributed by atoms with Crippen molar-refractivity contribution >= 4 is 11.6 Å². The van der Waals surface area contributed by atoms with E-state index < -0.39 is 5.79 Å². The van der Waals surface area contributed by atoms with Gasteiger partial charge in [0.2, 0.25) is 11.7 Å². The molecule has 6 N–H and O–H groups in total. The van der Waals surface area contributed by atoms with Gasteiger partial charge in [-0.1, -0.05) is 6.07 Å². The maximum absolute atomic E-state index is 14.7. The second kappa shape index (κ2) is 5.30. The van der Waals surface area contributed by atoms with Gasteiger partial charge in [0.1, 0.15) is 5.82 Å². The molecule has 0 radical (unpaired) electrons. The number of hydrogen-bond donors (Lipinski definition) is 4. The van der Waals surface area contributed by atoms with E-state index in [2.05, 4.69) is 32.7 Å². The van der Waals surface area contributed by atoms with E-state index in [0.717, 1.165) is 32.6 Å². The largest absolute Gasteiger partial charge is 0.369 e. The molecular formula is C16H24FN7. The van der Waals surface area contributed by atoms with Crippen LogP contribution in [0.1, 0.15) is 18.4 Å². The predicted octanol–water partition coefficient (Wildman–Crippen LogP) is -0.151. The summed E-state index contributed by atoms with van der Waals surface area (Å²) in [6.07, 6.45) is 2.31. The number of likely N-dealkylation sites (tertiary alicyclic amines) is 1. The number of halogens is 1. The molecule has 3 aliphatic rings. The molecule has 2 atom stereocenters. The molecule has 0 aliphatic carbocycles. The van der Waals surface area contributed by atoms with Crippen LogP contribution >= 0.6 is 0 Å². The summed E-state index contributed by atoms with van der Waals surface area (Å²) in [5.41, 5.74) is 18.6. The molecule has 3 aliphatic heterocycles. The number of rotatable bonds is 2. The van der Waals surface area contributed by atoms with E-state index >= 15 is 0 Å². The molecule has 0 amide bonds. The molecule has 4 rings (SSSR count). The quantitative estimate of drug-likeness (QED) is 0.601. The fraction of sp³-hybridized carbons (Fsp3) is 0.562. The van der Waals surface area contributed by atoms with Gasteiger partial charge in [-0.3, -0.25) is 11.2 Å². The lowest BCUT2D eigenvalue weighted by Crippen LogP contribution is -2.50. The first kappa shape index (κ1) is 15.6. The van der Waals surface area contributed by atoms with Gasteiger partial charge in [0.05, 0.1) is 5.69 Å². The van der Waals surface area contributed by atoms with Crippen molar-refractivity contribution in [1.82, 2.24) is 15.8 Å². The van der Waals surface area contributed by atoms with E-state index in [0.29, 0.717) is 16.7 Å². The van der Waals surface area contributed by atoms with E-state index in [1.54, 1.807) is 12.1 Å². The van der Waals surface area contributed by atoms with Crippen LogP contribution in [-0.4, -0.2) is 44.1 Å². The number of nitrogens with one attached hydrogen (secondary N) is 2. The van der Waals surface area contributed by atoms with Crippen LogP contribution in [0.4, 0.5) is 10.1 Å². The molecule has 0 saturated carbocycles. The Hall–Kier alpha value is -1.90. The molecule has 8 heteroatoms. The third kappa shape index (κ3) is 2.51. The van der Waals surface area contributed by atoms with Gasteiger partial charge in [0, 0.05) is 30.6 Å². The van der Waals surface area contributed by atoms with E-state index in [9.17, 15) is 4.39 Å². The second-order valence-electron chi connectivity index (χ2n) is 7.34. The first-order chi connectivity index (χ1) is 11.4. The Kier molecular flexibility index (Phi) is 3.45. The highest BCUT2D eigenvalue weighted by Gasteiger charge is 2.43. The van der Waals surface area contributed by atoms with Crippen LogP contribution in [0.3, 0.4) is 0 Å². The van der Waals surface area contributed by atoms with Crippen molar-refractivity contribution in [3.05, 3.63) is 29.6 Å². The predicted molar refractivity (Wildman–Crippen MR) is 91.5 cm³/mol. The van der Waals surface area contributed by atoms with Crippen molar-refractivity contribution in [3.8, 4) is 0 Å². The molecule has 0 aromatic heterocycles. The lowest BCUT2D eigenvalue weighted by atomic mass is 9.86. The number of benzene rings is 1. The summed E-state index contributed by atoms with van der Waals surface area (Å²) in [4.78, 5) is 8.60. The van der Waals surface area contributed by atoms with Crippen LogP contribution in [0, 0.1) is 11.2 Å². The zero-order chi connectivity index (χ0) is 16.9. The summed E-state index contributed by atoms with van der Waals surface area (Å²) in [5, 5.41) is 0. The minimum atomic E-state index is -1.23. The highest BCUT2D eigenvalue weighted by Crippen LogP contribution is 2.41. The SMILES string of the molecule is CN1CCC2(CCN(c3ccc(C4(N)N=C(N)NN4)cc3F)C2)C1. The van der Waals surface area contributed by atoms with Crippen molar-refractivity contribution in [2.45, 2.75) is 18.6 Å². The van der Waals surface area contributed by atoms with E-state index in [1.165, 1.54) is 12.5 Å². The van der Waals surface area contributed by atoms with Crippen LogP contribution in [0.25, 0.3) is 0 Å². The van der Waals surface area contributed by atoms with Crippen molar-refractivity contribution in [2.75, 3.05) is 38.1 Å². The van der Waals surface area contributed by atoms with Gasteiger partial charge in [0.25, 0.3) is 0 Å². The Labute approximate surface area is 140 Å². The third-order valence-corrected chi connectivity index (χ3v) is 5.47. The highest BCUT2D eigenvalue weighted by atomic mass is 19.1. The van der Waals surface area contributed by atoms with Crippen molar-refractivity contribution in [1.29, 1.82) is 0 Å². The number of nitrogens with zero attached hydrogens (tertiary/aromatic N) is 3.